The van der Waals surface area contributed by atoms with E-state index in [1.807, 2.05) is 0 Å². The molecule has 0 radical (unpaired) electrons. The quantitative estimate of drug-likeness (QED) is 0.175. The minimum absolute atomic E-state index is 0. The Balaban J connectivity index is 0.00000186. The van der Waals surface area contributed by atoms with Crippen LogP contribution in [0, 0.1) is 5.92 Å². The van der Waals surface area contributed by atoms with Crippen molar-refractivity contribution in [1.82, 2.24) is 0 Å². The third-order valence-corrected chi connectivity index (χ3v) is 18.1. The molecular weight excluding hydrogens is 695 g/mol. The maximum Gasteiger partial charge on any atom is -1.00 e. The standard InChI is InChI=1S/C40H31.C2H7Si.2ClH.Zr/c1-25(2)21-28-24-39-34(37-22-26-11-3-5-13-29(26)31-15-7-8-16-33(31)37)18-10-20-36(39)40(28)35-19-9-17-32-30-14-6-4-12-27(30)23-38(32)35;1-3-2;;;/h3-18,20,22,24-25,40H,21,23H2,1-2H3;3H,1-2H3;2*1H;/q;;;;+2/p-2. The molecule has 46 heavy (non-hydrogen) atoms. The summed E-state index contributed by atoms with van der Waals surface area (Å²) in [5.74, 6) is 0.298. The first-order valence-corrected chi connectivity index (χ1v) is 24.6. The third-order valence-electron chi connectivity index (χ3n) is 9.62. The van der Waals surface area contributed by atoms with Crippen molar-refractivity contribution in [2.24, 2.45) is 5.92 Å². The summed E-state index contributed by atoms with van der Waals surface area (Å²) in [6.45, 7) is 9.94. The largest absolute Gasteiger partial charge is 1.00 e. The third kappa shape index (κ3) is 5.60. The molecule has 0 fully saturated rings. The van der Waals surface area contributed by atoms with Gasteiger partial charge >= 0.3 is 276 Å². The second kappa shape index (κ2) is 13.4. The molecule has 6 aromatic carbocycles. The molecule has 0 amide bonds. The summed E-state index contributed by atoms with van der Waals surface area (Å²) in [5.41, 5.74) is 15.1. The van der Waals surface area contributed by atoms with Gasteiger partial charge in [-0.25, -0.2) is 0 Å². The predicted molar refractivity (Wildman–Crippen MR) is 189 cm³/mol. The first-order chi connectivity index (χ1) is 21.5. The summed E-state index contributed by atoms with van der Waals surface area (Å²) in [7, 11) is 0. The van der Waals surface area contributed by atoms with Crippen molar-refractivity contribution in [3.05, 3.63) is 143 Å². The molecule has 0 heterocycles. The molecule has 0 aromatic heterocycles. The van der Waals surface area contributed by atoms with E-state index in [9.17, 15) is 0 Å². The Morgan fingerprint density at radius 3 is 2.17 bits per heavy atom. The van der Waals surface area contributed by atoms with E-state index in [4.69, 9.17) is 0 Å². The zero-order chi connectivity index (χ0) is 29.9. The van der Waals surface area contributed by atoms with Crippen molar-refractivity contribution < 1.29 is 47.2 Å². The van der Waals surface area contributed by atoms with Crippen LogP contribution in [0.1, 0.15) is 54.0 Å². The van der Waals surface area contributed by atoms with Crippen LogP contribution in [0.3, 0.4) is 0 Å². The minimum Gasteiger partial charge on any atom is -1.00 e. The van der Waals surface area contributed by atoms with Crippen LogP contribution in [0.2, 0.25) is 13.1 Å². The predicted octanol–water partition coefficient (Wildman–Crippen LogP) is 4.51. The number of hydrogen-bond acceptors (Lipinski definition) is 0. The zero-order valence-corrected chi connectivity index (χ0v) is 32.0. The van der Waals surface area contributed by atoms with Crippen molar-refractivity contribution in [3.8, 4) is 22.3 Å². The van der Waals surface area contributed by atoms with Crippen LogP contribution in [0.4, 0.5) is 0 Å². The van der Waals surface area contributed by atoms with Gasteiger partial charge < -0.3 is 24.8 Å². The molecule has 1 unspecified atom stereocenters. The van der Waals surface area contributed by atoms with E-state index in [-0.39, 0.29) is 24.8 Å². The molecular formula is C42H38Cl2SiZr. The summed E-state index contributed by atoms with van der Waals surface area (Å²) >= 11 is -0.638. The minimum atomic E-state index is -0.666. The molecule has 2 aliphatic rings. The van der Waals surface area contributed by atoms with Crippen LogP contribution in [0.25, 0.3) is 49.9 Å². The Morgan fingerprint density at radius 1 is 0.696 bits per heavy atom. The maximum atomic E-state index is 2.61. The summed E-state index contributed by atoms with van der Waals surface area (Å²) < 4.78 is 1.76. The molecule has 228 valence electrons. The molecule has 8 rings (SSSR count). The van der Waals surface area contributed by atoms with Gasteiger partial charge in [-0.05, 0) is 0 Å². The van der Waals surface area contributed by atoms with E-state index in [1.54, 1.807) is 20.0 Å². The van der Waals surface area contributed by atoms with Gasteiger partial charge in [-0.2, -0.15) is 0 Å². The number of fused-ring (bicyclic) bond motifs is 7. The number of halogens is 2. The van der Waals surface area contributed by atoms with Gasteiger partial charge in [-0.15, -0.1) is 0 Å². The van der Waals surface area contributed by atoms with E-state index in [0.717, 1.165) is 12.8 Å². The molecule has 4 heteroatoms. The molecule has 0 N–H and O–H groups in total. The Labute approximate surface area is 298 Å². The van der Waals surface area contributed by atoms with Crippen LogP contribution >= 0.6 is 0 Å². The average molecular weight is 733 g/mol. The smallest absolute Gasteiger partial charge is 1.00 e. The average Bonchev–Trinajstić information content (AvgIpc) is 3.58. The van der Waals surface area contributed by atoms with Crippen LogP contribution in [-0.2, 0) is 28.8 Å². The monoisotopic (exact) mass is 730 g/mol. The van der Waals surface area contributed by atoms with Crippen molar-refractivity contribution in [2.45, 2.75) is 45.7 Å². The van der Waals surface area contributed by atoms with Crippen LogP contribution in [-0.4, -0.2) is 5.92 Å². The van der Waals surface area contributed by atoms with Crippen molar-refractivity contribution in [3.63, 3.8) is 0 Å². The molecule has 0 spiro atoms. The van der Waals surface area contributed by atoms with Gasteiger partial charge in [0.15, 0.2) is 0 Å². The fourth-order valence-corrected chi connectivity index (χ4v) is 16.2. The number of benzene rings is 6. The van der Waals surface area contributed by atoms with Crippen molar-refractivity contribution in [2.75, 3.05) is 0 Å². The fourth-order valence-electron chi connectivity index (χ4n) is 7.97. The van der Waals surface area contributed by atoms with Gasteiger partial charge in [-0.1, -0.05) is 0 Å². The molecule has 2 aliphatic carbocycles. The van der Waals surface area contributed by atoms with Crippen LogP contribution in [0.15, 0.2) is 115 Å². The van der Waals surface area contributed by atoms with Gasteiger partial charge in [0.2, 0.25) is 0 Å². The van der Waals surface area contributed by atoms with Gasteiger partial charge in [-0.3, -0.25) is 0 Å². The molecule has 0 saturated carbocycles. The van der Waals surface area contributed by atoms with Gasteiger partial charge in [0.1, 0.15) is 0 Å². The van der Waals surface area contributed by atoms with E-state index >= 15 is 0 Å². The first kappa shape index (κ1) is 33.2. The Bertz CT molecular complexity index is 2130. The molecule has 1 atom stereocenters. The Kier molecular flexibility index (Phi) is 9.67. The fraction of sp³-hybridized carbons (Fsp3) is 0.190. The Morgan fingerprint density at radius 2 is 1.39 bits per heavy atom. The molecule has 0 bridgehead atoms. The number of rotatable bonds is 6. The summed E-state index contributed by atoms with van der Waals surface area (Å²) in [5, 5.41) is 5.34. The van der Waals surface area contributed by atoms with Gasteiger partial charge in [0.25, 0.3) is 0 Å². The summed E-state index contributed by atoms with van der Waals surface area (Å²) in [4.78, 5) is 0. The van der Waals surface area contributed by atoms with Gasteiger partial charge in [0.05, 0.1) is 0 Å². The Hall–Kier alpha value is -2.74. The van der Waals surface area contributed by atoms with Gasteiger partial charge in [0, 0.05) is 0 Å². The second-order valence-electron chi connectivity index (χ2n) is 13.4. The summed E-state index contributed by atoms with van der Waals surface area (Å²) in [6, 6.07) is 41.7. The number of hydrogen-bond donors (Lipinski definition) is 0. The second-order valence-corrected chi connectivity index (χ2v) is 28.0. The molecule has 0 saturated heterocycles. The first-order valence-electron chi connectivity index (χ1n) is 16.2. The topological polar surface area (TPSA) is 0 Å². The zero-order valence-electron chi connectivity index (χ0n) is 26.9. The van der Waals surface area contributed by atoms with E-state index in [0.29, 0.717) is 11.8 Å². The maximum absolute atomic E-state index is 2.61. The van der Waals surface area contributed by atoms with E-state index < -0.39 is 28.3 Å². The molecule has 0 nitrogen and oxygen atoms in total. The van der Waals surface area contributed by atoms with E-state index in [1.165, 1.54) is 60.5 Å². The SMILES string of the molecule is CC(C)CC1=Cc2c(-c3cc4ccccc4c4ccccc34)cccc2C1c1[c]([Zr+2][SiH](C)C)ccc2c1Cc1ccccc1-2.[Cl-].[Cl-]. The molecule has 6 aromatic rings. The number of allylic oxidation sites excluding steroid dienone is 1. The summed E-state index contributed by atoms with van der Waals surface area (Å²) in [6.07, 6.45) is 4.82. The van der Waals surface area contributed by atoms with Crippen LogP contribution < -0.4 is 28.1 Å². The van der Waals surface area contributed by atoms with Crippen molar-refractivity contribution >= 4 is 36.8 Å². The van der Waals surface area contributed by atoms with E-state index in [2.05, 4.69) is 142 Å². The van der Waals surface area contributed by atoms with Crippen LogP contribution in [0.5, 0.6) is 0 Å². The normalized spacial score (nSPS) is 14.4. The van der Waals surface area contributed by atoms with Crippen molar-refractivity contribution in [1.29, 1.82) is 0 Å². The molecule has 0 aliphatic heterocycles.